The highest BCUT2D eigenvalue weighted by Gasteiger charge is 2.29. The van der Waals surface area contributed by atoms with Crippen LogP contribution in [0.25, 0.3) is 0 Å². The summed E-state index contributed by atoms with van der Waals surface area (Å²) in [6.45, 7) is 9.25. The first-order valence-corrected chi connectivity index (χ1v) is 10.7. The molecule has 2 rings (SSSR count). The highest BCUT2D eigenvalue weighted by molar-refractivity contribution is 7.89. The molecule has 1 amide bonds. The smallest absolute Gasteiger partial charge is 0.236 e. The molecular formula is C18H32Cl2N4O3S. The number of hydrogen-bond acceptors (Lipinski definition) is 5. The molecule has 2 N–H and O–H groups in total. The molecule has 0 radical (unpaired) electrons. The van der Waals surface area contributed by atoms with Crippen LogP contribution in [-0.2, 0) is 14.8 Å². The van der Waals surface area contributed by atoms with E-state index in [1.165, 1.54) is 9.87 Å². The molecular weight excluding hydrogens is 423 g/mol. The molecule has 1 aliphatic rings. The number of sulfonamides is 1. The van der Waals surface area contributed by atoms with Crippen LogP contribution in [-0.4, -0.2) is 69.7 Å². The molecule has 162 valence electrons. The zero-order valence-electron chi connectivity index (χ0n) is 16.7. The molecule has 1 fully saturated rings. The number of rotatable bonds is 8. The Hall–Kier alpha value is -1.06. The maximum absolute atomic E-state index is 12.5. The Bertz CT molecular complexity index is 711. The molecule has 1 aromatic rings. The highest BCUT2D eigenvalue weighted by Crippen LogP contribution is 2.19. The lowest BCUT2D eigenvalue weighted by Crippen LogP contribution is -2.51. The Morgan fingerprint density at radius 3 is 2.39 bits per heavy atom. The van der Waals surface area contributed by atoms with Crippen LogP contribution in [0.3, 0.4) is 0 Å². The first-order valence-electron chi connectivity index (χ1n) is 9.11. The molecule has 1 heterocycles. The van der Waals surface area contributed by atoms with Crippen molar-refractivity contribution in [2.45, 2.75) is 26.8 Å². The van der Waals surface area contributed by atoms with Gasteiger partial charge < -0.3 is 15.5 Å². The van der Waals surface area contributed by atoms with Crippen LogP contribution in [0.4, 0.5) is 5.69 Å². The van der Waals surface area contributed by atoms with E-state index in [9.17, 15) is 13.2 Å². The predicted octanol–water partition coefficient (Wildman–Crippen LogP) is 1.40. The van der Waals surface area contributed by atoms with Gasteiger partial charge in [-0.05, 0) is 38.1 Å². The van der Waals surface area contributed by atoms with Crippen LogP contribution in [0.15, 0.2) is 24.3 Å². The van der Waals surface area contributed by atoms with Gasteiger partial charge in [0.25, 0.3) is 0 Å². The summed E-state index contributed by atoms with van der Waals surface area (Å²) in [7, 11) is -3.58. The summed E-state index contributed by atoms with van der Waals surface area (Å²) < 4.78 is 26.4. The molecule has 0 aliphatic carbocycles. The van der Waals surface area contributed by atoms with E-state index in [1.54, 1.807) is 0 Å². The first-order chi connectivity index (χ1) is 12.3. The number of piperazine rings is 1. The van der Waals surface area contributed by atoms with Gasteiger partial charge in [-0.3, -0.25) is 4.79 Å². The van der Waals surface area contributed by atoms with Crippen LogP contribution < -0.4 is 15.5 Å². The maximum Gasteiger partial charge on any atom is 0.236 e. The summed E-state index contributed by atoms with van der Waals surface area (Å²) in [5.41, 5.74) is 2.29. The Kier molecular flexibility index (Phi) is 12.0. The number of anilines is 1. The first kappa shape index (κ1) is 26.9. The molecule has 1 atom stereocenters. The van der Waals surface area contributed by atoms with E-state index in [0.29, 0.717) is 32.7 Å². The monoisotopic (exact) mass is 454 g/mol. The second-order valence-electron chi connectivity index (χ2n) is 6.74. The van der Waals surface area contributed by atoms with Crippen molar-refractivity contribution in [3.63, 3.8) is 0 Å². The van der Waals surface area contributed by atoms with Gasteiger partial charge in [-0.25, -0.2) is 8.42 Å². The van der Waals surface area contributed by atoms with Gasteiger partial charge in [0.2, 0.25) is 15.9 Å². The molecule has 1 aromatic carbocycles. The quantitative estimate of drug-likeness (QED) is 0.620. The van der Waals surface area contributed by atoms with Gasteiger partial charge in [-0.15, -0.1) is 24.8 Å². The number of nitrogens with zero attached hydrogens (tertiary/aromatic N) is 2. The van der Waals surface area contributed by atoms with Crippen molar-refractivity contribution in [2.24, 2.45) is 0 Å². The third-order valence-electron chi connectivity index (χ3n) is 4.47. The van der Waals surface area contributed by atoms with Gasteiger partial charge in [0, 0.05) is 44.5 Å². The van der Waals surface area contributed by atoms with Gasteiger partial charge in [0.05, 0.1) is 0 Å². The van der Waals surface area contributed by atoms with Crippen LogP contribution in [0.5, 0.6) is 0 Å². The van der Waals surface area contributed by atoms with Crippen molar-refractivity contribution in [1.82, 2.24) is 14.9 Å². The number of halogens is 2. The van der Waals surface area contributed by atoms with Crippen LogP contribution in [0, 0.1) is 6.92 Å². The lowest BCUT2D eigenvalue weighted by atomic mass is 10.2. The van der Waals surface area contributed by atoms with E-state index in [4.69, 9.17) is 0 Å². The van der Waals surface area contributed by atoms with E-state index in [-0.39, 0.29) is 30.9 Å². The van der Waals surface area contributed by atoms with E-state index in [1.807, 2.05) is 39.0 Å². The van der Waals surface area contributed by atoms with Gasteiger partial charge in [0.1, 0.15) is 5.75 Å². The zero-order valence-corrected chi connectivity index (χ0v) is 19.1. The Morgan fingerprint density at radius 2 is 1.82 bits per heavy atom. The van der Waals surface area contributed by atoms with Crippen molar-refractivity contribution >= 4 is 46.4 Å². The van der Waals surface area contributed by atoms with Crippen molar-refractivity contribution < 1.29 is 13.2 Å². The molecule has 0 spiro atoms. The Morgan fingerprint density at radius 1 is 1.18 bits per heavy atom. The summed E-state index contributed by atoms with van der Waals surface area (Å²) in [6, 6.07) is 8.30. The lowest BCUT2D eigenvalue weighted by molar-refractivity contribution is -0.118. The fourth-order valence-electron chi connectivity index (χ4n) is 3.04. The van der Waals surface area contributed by atoms with Crippen LogP contribution in [0.1, 0.15) is 19.4 Å². The topological polar surface area (TPSA) is 81.7 Å². The second kappa shape index (κ2) is 12.5. The van der Waals surface area contributed by atoms with E-state index in [2.05, 4.69) is 21.6 Å². The fourth-order valence-corrected chi connectivity index (χ4v) is 4.38. The van der Waals surface area contributed by atoms with Crippen LogP contribution in [0.2, 0.25) is 0 Å². The SMILES string of the molecule is CCN[C@H](C)CNC(=O)CS(=O)(=O)N1CCN(c2cccc(C)c2)CC1.Cl.Cl. The zero-order chi connectivity index (χ0) is 19.2. The van der Waals surface area contributed by atoms with E-state index >= 15 is 0 Å². The summed E-state index contributed by atoms with van der Waals surface area (Å²) in [5, 5.41) is 5.86. The molecule has 0 unspecified atom stereocenters. The van der Waals surface area contributed by atoms with Gasteiger partial charge in [-0.2, -0.15) is 4.31 Å². The van der Waals surface area contributed by atoms with Gasteiger partial charge in [0.15, 0.2) is 0 Å². The van der Waals surface area contributed by atoms with Crippen molar-refractivity contribution in [3.8, 4) is 0 Å². The highest BCUT2D eigenvalue weighted by atomic mass is 35.5. The average Bonchev–Trinajstić information content (AvgIpc) is 2.60. The number of hydrogen-bond donors (Lipinski definition) is 2. The van der Waals surface area contributed by atoms with Gasteiger partial charge >= 0.3 is 0 Å². The molecule has 1 aliphatic heterocycles. The minimum Gasteiger partial charge on any atom is -0.369 e. The number of aryl methyl sites for hydroxylation is 1. The molecule has 28 heavy (non-hydrogen) atoms. The Balaban J connectivity index is 0.00000364. The van der Waals surface area contributed by atoms with Crippen molar-refractivity contribution in [3.05, 3.63) is 29.8 Å². The normalized spacial score (nSPS) is 15.9. The summed E-state index contributed by atoms with van der Waals surface area (Å²) >= 11 is 0. The molecule has 0 bridgehead atoms. The standard InChI is InChI=1S/C18H30N4O3S.2ClH/c1-4-19-16(3)13-20-18(23)14-26(24,25)22-10-8-21(9-11-22)17-7-5-6-15(2)12-17;;/h5-7,12,16,19H,4,8-11,13-14H2,1-3H3,(H,20,23);2*1H/t16-;;/m1../s1. The minimum atomic E-state index is -3.58. The molecule has 10 heteroatoms. The van der Waals surface area contributed by atoms with Crippen molar-refractivity contribution in [2.75, 3.05) is 49.9 Å². The molecule has 0 aromatic heterocycles. The number of amides is 1. The second-order valence-corrected chi connectivity index (χ2v) is 8.71. The summed E-state index contributed by atoms with van der Waals surface area (Å²) in [5.74, 6) is -0.938. The summed E-state index contributed by atoms with van der Waals surface area (Å²) in [4.78, 5) is 14.2. The third kappa shape index (κ3) is 8.13. The van der Waals surface area contributed by atoms with Gasteiger partial charge in [-0.1, -0.05) is 19.1 Å². The largest absolute Gasteiger partial charge is 0.369 e. The lowest BCUT2D eigenvalue weighted by Gasteiger charge is -2.35. The number of nitrogens with one attached hydrogen (secondary N) is 2. The Labute approximate surface area is 181 Å². The maximum atomic E-state index is 12.5. The van der Waals surface area contributed by atoms with Crippen LogP contribution >= 0.6 is 24.8 Å². The molecule has 7 nitrogen and oxygen atoms in total. The minimum absolute atomic E-state index is 0. The third-order valence-corrected chi connectivity index (χ3v) is 6.25. The van der Waals surface area contributed by atoms with E-state index in [0.717, 1.165) is 12.2 Å². The van der Waals surface area contributed by atoms with Crippen molar-refractivity contribution in [1.29, 1.82) is 0 Å². The average molecular weight is 455 g/mol. The fraction of sp³-hybridized carbons (Fsp3) is 0.611. The number of likely N-dealkylation sites (N-methyl/N-ethyl adjacent to an activating group) is 1. The number of carbonyl (C=O) groups is 1. The number of carbonyl (C=O) groups excluding carboxylic acids is 1. The number of benzene rings is 1. The molecule has 1 saturated heterocycles. The summed E-state index contributed by atoms with van der Waals surface area (Å²) in [6.07, 6.45) is 0. The molecule has 0 saturated carbocycles. The van der Waals surface area contributed by atoms with E-state index < -0.39 is 21.7 Å². The predicted molar refractivity (Wildman–Crippen MR) is 119 cm³/mol.